The molecule has 5 heteroatoms. The molecule has 1 aliphatic rings. The van der Waals surface area contributed by atoms with E-state index < -0.39 is 0 Å². The molecule has 1 aliphatic carbocycles. The van der Waals surface area contributed by atoms with Crippen LogP contribution in [0.3, 0.4) is 0 Å². The number of aromatic amines is 1. The lowest BCUT2D eigenvalue weighted by Crippen LogP contribution is -1.98. The van der Waals surface area contributed by atoms with E-state index in [2.05, 4.69) is 9.97 Å². The predicted molar refractivity (Wildman–Crippen MR) is 73.4 cm³/mol. The molecule has 3 nitrogen and oxygen atoms in total. The number of ether oxygens (including phenoxy) is 1. The van der Waals surface area contributed by atoms with Gasteiger partial charge in [-0.2, -0.15) is 0 Å². The fourth-order valence-electron chi connectivity index (χ4n) is 2.40. The van der Waals surface area contributed by atoms with Gasteiger partial charge in [0.25, 0.3) is 0 Å². The molecule has 0 unspecified atom stereocenters. The molecule has 0 spiro atoms. The fraction of sp³-hybridized carbons (Fsp3) is 0.286. The van der Waals surface area contributed by atoms with E-state index in [-0.39, 0.29) is 11.6 Å². The highest BCUT2D eigenvalue weighted by Crippen LogP contribution is 2.27. The zero-order valence-corrected chi connectivity index (χ0v) is 11.3. The van der Waals surface area contributed by atoms with Gasteiger partial charge in [-0.1, -0.05) is 12.2 Å². The molecule has 1 aromatic heterocycles. The van der Waals surface area contributed by atoms with Gasteiger partial charge < -0.3 is 9.72 Å². The largest absolute Gasteiger partial charge is 0.494 e. The Hall–Kier alpha value is -1.75. The van der Waals surface area contributed by atoms with Crippen molar-refractivity contribution in [3.05, 3.63) is 39.9 Å². The van der Waals surface area contributed by atoms with E-state index in [0.717, 1.165) is 36.1 Å². The summed E-state index contributed by atoms with van der Waals surface area (Å²) in [4.78, 5) is 7.70. The number of hydrogen-bond donors (Lipinski definition) is 1. The highest BCUT2D eigenvalue weighted by atomic mass is 32.1. The third-order valence-electron chi connectivity index (χ3n) is 3.38. The number of aromatic nitrogens is 2. The minimum atomic E-state index is -0.383. The minimum Gasteiger partial charge on any atom is -0.494 e. The summed E-state index contributed by atoms with van der Waals surface area (Å²) in [5, 5.41) is 0. The van der Waals surface area contributed by atoms with Crippen molar-refractivity contribution >= 4 is 12.2 Å². The summed E-state index contributed by atoms with van der Waals surface area (Å²) in [7, 11) is 1.44. The molecule has 2 aromatic rings. The van der Waals surface area contributed by atoms with Crippen LogP contribution in [0.25, 0.3) is 11.4 Å². The van der Waals surface area contributed by atoms with E-state index in [1.54, 1.807) is 12.1 Å². The summed E-state index contributed by atoms with van der Waals surface area (Å²) in [6, 6.07) is 4.68. The van der Waals surface area contributed by atoms with Gasteiger partial charge in [0.15, 0.2) is 11.6 Å². The monoisotopic (exact) mass is 276 g/mol. The highest BCUT2D eigenvalue weighted by Gasteiger charge is 2.16. The molecular weight excluding hydrogens is 263 g/mol. The number of hydrogen-bond acceptors (Lipinski definition) is 3. The predicted octanol–water partition coefficient (Wildman–Crippen LogP) is 3.44. The lowest BCUT2D eigenvalue weighted by molar-refractivity contribution is 0.386. The Morgan fingerprint density at radius 2 is 2.21 bits per heavy atom. The number of halogens is 1. The first-order chi connectivity index (χ1) is 9.19. The Morgan fingerprint density at radius 3 is 3.00 bits per heavy atom. The molecule has 1 aromatic carbocycles. The van der Waals surface area contributed by atoms with Crippen molar-refractivity contribution in [2.45, 2.75) is 19.3 Å². The molecule has 0 radical (unpaired) electrons. The van der Waals surface area contributed by atoms with Crippen LogP contribution in [0.1, 0.15) is 17.7 Å². The maximum Gasteiger partial charge on any atom is 0.165 e. The van der Waals surface area contributed by atoms with Gasteiger partial charge in [0, 0.05) is 16.8 Å². The topological polar surface area (TPSA) is 37.9 Å². The van der Waals surface area contributed by atoms with Crippen LogP contribution in [0.5, 0.6) is 5.75 Å². The molecule has 19 heavy (non-hydrogen) atoms. The first kappa shape index (κ1) is 12.3. The van der Waals surface area contributed by atoms with Crippen LogP contribution in [0, 0.1) is 10.5 Å². The van der Waals surface area contributed by atoms with Crippen molar-refractivity contribution in [3.8, 4) is 17.1 Å². The Balaban J connectivity index is 2.12. The van der Waals surface area contributed by atoms with Crippen molar-refractivity contribution in [2.75, 3.05) is 7.11 Å². The van der Waals surface area contributed by atoms with Crippen molar-refractivity contribution in [2.24, 2.45) is 0 Å². The van der Waals surface area contributed by atoms with Crippen LogP contribution >= 0.6 is 12.2 Å². The van der Waals surface area contributed by atoms with Crippen LogP contribution in [-0.2, 0) is 12.8 Å². The van der Waals surface area contributed by atoms with Gasteiger partial charge in [0.05, 0.1) is 7.11 Å². The van der Waals surface area contributed by atoms with Crippen LogP contribution < -0.4 is 4.74 Å². The second kappa shape index (κ2) is 4.74. The van der Waals surface area contributed by atoms with E-state index in [1.807, 2.05) is 0 Å². The molecule has 1 N–H and O–H groups in total. The summed E-state index contributed by atoms with van der Waals surface area (Å²) in [5.41, 5.74) is 3.07. The molecule has 0 amide bonds. The summed E-state index contributed by atoms with van der Waals surface area (Å²) in [5.74, 6) is 0.495. The maximum absolute atomic E-state index is 13.4. The number of benzene rings is 1. The minimum absolute atomic E-state index is 0.208. The van der Waals surface area contributed by atoms with Gasteiger partial charge in [-0.3, -0.25) is 0 Å². The quantitative estimate of drug-likeness (QED) is 0.854. The normalized spacial score (nSPS) is 13.4. The van der Waals surface area contributed by atoms with Gasteiger partial charge in [-0.15, -0.1) is 0 Å². The summed E-state index contributed by atoms with van der Waals surface area (Å²) in [6.07, 6.45) is 3.09. The molecule has 3 rings (SSSR count). The molecule has 0 bridgehead atoms. The number of aryl methyl sites for hydroxylation is 1. The zero-order chi connectivity index (χ0) is 13.4. The van der Waals surface area contributed by atoms with Crippen molar-refractivity contribution in [3.63, 3.8) is 0 Å². The highest BCUT2D eigenvalue weighted by molar-refractivity contribution is 7.71. The van der Waals surface area contributed by atoms with E-state index >= 15 is 0 Å². The van der Waals surface area contributed by atoms with Crippen LogP contribution in [0.2, 0.25) is 0 Å². The van der Waals surface area contributed by atoms with Crippen LogP contribution in [-0.4, -0.2) is 17.1 Å². The van der Waals surface area contributed by atoms with Crippen molar-refractivity contribution in [1.82, 2.24) is 9.97 Å². The van der Waals surface area contributed by atoms with Crippen molar-refractivity contribution < 1.29 is 9.13 Å². The molecule has 0 saturated heterocycles. The number of rotatable bonds is 2. The Bertz CT molecular complexity index is 696. The molecule has 0 saturated carbocycles. The number of fused-ring (bicyclic) bond motifs is 1. The zero-order valence-electron chi connectivity index (χ0n) is 10.5. The molecular formula is C14H13FN2OS. The van der Waals surface area contributed by atoms with Crippen LogP contribution in [0.4, 0.5) is 4.39 Å². The van der Waals surface area contributed by atoms with Gasteiger partial charge >= 0.3 is 0 Å². The smallest absolute Gasteiger partial charge is 0.165 e. The Kier molecular flexibility index (Phi) is 3.06. The second-order valence-corrected chi connectivity index (χ2v) is 4.94. The van der Waals surface area contributed by atoms with Crippen LogP contribution in [0.15, 0.2) is 18.2 Å². The number of nitrogens with one attached hydrogen (secondary N) is 1. The molecule has 0 aliphatic heterocycles. The Labute approximate surface area is 115 Å². The first-order valence-corrected chi connectivity index (χ1v) is 6.56. The van der Waals surface area contributed by atoms with E-state index in [4.69, 9.17) is 17.0 Å². The third kappa shape index (κ3) is 2.14. The summed E-state index contributed by atoms with van der Waals surface area (Å²) >= 11 is 5.32. The van der Waals surface area contributed by atoms with E-state index in [0.29, 0.717) is 10.5 Å². The first-order valence-electron chi connectivity index (χ1n) is 6.15. The van der Waals surface area contributed by atoms with Gasteiger partial charge in [-0.25, -0.2) is 9.37 Å². The number of H-pyrrole nitrogens is 1. The summed E-state index contributed by atoms with van der Waals surface area (Å²) in [6.45, 7) is 0. The third-order valence-corrected chi connectivity index (χ3v) is 3.72. The molecule has 98 valence electrons. The maximum atomic E-state index is 13.4. The van der Waals surface area contributed by atoms with Gasteiger partial charge in [0.2, 0.25) is 0 Å². The average Bonchev–Trinajstić information content (AvgIpc) is 2.88. The van der Waals surface area contributed by atoms with Crippen molar-refractivity contribution in [1.29, 1.82) is 0 Å². The lowest BCUT2D eigenvalue weighted by atomic mass is 10.2. The van der Waals surface area contributed by atoms with E-state index in [9.17, 15) is 4.39 Å². The standard InChI is InChI=1S/C14H13FN2OS/c1-18-12-7-8(5-6-10(12)15)13-16-11-4-2-3-9(11)14(19)17-13/h5-7H,2-4H2,1H3,(H,16,17,19). The molecule has 1 heterocycles. The number of nitrogens with zero attached hydrogens (tertiary/aromatic N) is 1. The Morgan fingerprint density at radius 1 is 1.37 bits per heavy atom. The number of methoxy groups -OCH3 is 1. The summed E-state index contributed by atoms with van der Waals surface area (Å²) < 4.78 is 19.0. The molecule has 0 atom stereocenters. The van der Waals surface area contributed by atoms with E-state index in [1.165, 1.54) is 13.2 Å². The fourth-order valence-corrected chi connectivity index (χ4v) is 2.72. The second-order valence-electron chi connectivity index (χ2n) is 4.55. The molecule has 0 fully saturated rings. The van der Waals surface area contributed by atoms with Gasteiger partial charge in [0.1, 0.15) is 10.5 Å². The SMILES string of the molecule is COc1cc(-c2nc(=S)c3c([nH]2)CCC3)ccc1F. The van der Waals surface area contributed by atoms with Gasteiger partial charge in [-0.05, 0) is 37.5 Å². The average molecular weight is 276 g/mol. The lowest BCUT2D eigenvalue weighted by Gasteiger charge is -2.08.